The minimum Gasteiger partial charge on any atom is -0.310 e. The minimum absolute atomic E-state index is 0.139. The van der Waals surface area contributed by atoms with E-state index in [0.29, 0.717) is 0 Å². The molecule has 0 bridgehead atoms. The number of hydrogen-bond acceptors (Lipinski definition) is 1. The van der Waals surface area contributed by atoms with Crippen molar-refractivity contribution in [3.8, 4) is 44.5 Å². The summed E-state index contributed by atoms with van der Waals surface area (Å²) in [7, 11) is 0. The Hall–Kier alpha value is -6.18. The van der Waals surface area contributed by atoms with E-state index in [-0.39, 0.29) is 5.41 Å². The molecule has 8 aromatic carbocycles. The Balaban J connectivity index is 1.03. The molecule has 0 amide bonds. The molecule has 2 aliphatic rings. The molecule has 54 heavy (non-hydrogen) atoms. The molecule has 8 aromatic rings. The summed E-state index contributed by atoms with van der Waals surface area (Å²) in [5.41, 5.74) is 19.5. The Bertz CT molecular complexity index is 2650. The van der Waals surface area contributed by atoms with Crippen LogP contribution < -0.4 is 4.90 Å². The fraction of sp³-hybridized carbons (Fsp3) is 0.132. The molecule has 0 saturated carbocycles. The molecular formula is C53H43N. The number of hydrogen-bond donors (Lipinski definition) is 0. The van der Waals surface area contributed by atoms with E-state index >= 15 is 0 Å². The Kier molecular flexibility index (Phi) is 7.84. The van der Waals surface area contributed by atoms with Gasteiger partial charge in [-0.25, -0.2) is 0 Å². The molecule has 0 unspecified atom stereocenters. The van der Waals surface area contributed by atoms with Crippen molar-refractivity contribution in [1.82, 2.24) is 0 Å². The highest BCUT2D eigenvalue weighted by Gasteiger charge is 2.37. The van der Waals surface area contributed by atoms with Gasteiger partial charge in [0.1, 0.15) is 0 Å². The Labute approximate surface area is 319 Å². The zero-order valence-electron chi connectivity index (χ0n) is 31.0. The summed E-state index contributed by atoms with van der Waals surface area (Å²) in [4.78, 5) is 2.41. The second-order valence-electron chi connectivity index (χ2n) is 15.6. The number of anilines is 3. The Morgan fingerprint density at radius 2 is 1.00 bits per heavy atom. The maximum Gasteiger partial charge on any atom is 0.0465 e. The first kappa shape index (κ1) is 32.5. The molecule has 0 aromatic heterocycles. The van der Waals surface area contributed by atoms with Gasteiger partial charge in [0, 0.05) is 22.5 Å². The first-order valence-corrected chi connectivity index (χ1v) is 19.5. The first-order valence-electron chi connectivity index (χ1n) is 19.5. The Morgan fingerprint density at radius 3 is 1.72 bits per heavy atom. The van der Waals surface area contributed by atoms with Gasteiger partial charge in [0.2, 0.25) is 0 Å². The second kappa shape index (κ2) is 13.0. The standard InChI is InChI=1S/C53H43N/c1-53(2)51-35-45(32-34-49(51)50-33-27-41-14-7-9-17-48(41)52(50)53)54(43-28-23-38(24-29-43)36-11-4-3-5-12-36)44-30-25-39(26-31-44)37-19-21-42(22-20-37)47-18-10-15-40-13-6-8-16-46(40)47/h3-5,7,9-12,14-15,17-35H,6,8,13,16H2,1-2H3. The molecule has 0 heterocycles. The molecule has 1 heteroatoms. The van der Waals surface area contributed by atoms with Crippen LogP contribution in [0.2, 0.25) is 0 Å². The van der Waals surface area contributed by atoms with Crippen molar-refractivity contribution in [1.29, 1.82) is 0 Å². The lowest BCUT2D eigenvalue weighted by Gasteiger charge is -2.28. The van der Waals surface area contributed by atoms with E-state index < -0.39 is 0 Å². The van der Waals surface area contributed by atoms with E-state index in [2.05, 4.69) is 195 Å². The summed E-state index contributed by atoms with van der Waals surface area (Å²) in [5, 5.41) is 2.64. The van der Waals surface area contributed by atoms with E-state index in [1.165, 1.54) is 97.7 Å². The van der Waals surface area contributed by atoms with Gasteiger partial charge in [0.25, 0.3) is 0 Å². The van der Waals surface area contributed by atoms with Crippen LogP contribution in [0.15, 0.2) is 176 Å². The molecule has 1 nitrogen and oxygen atoms in total. The van der Waals surface area contributed by atoms with Gasteiger partial charge in [0.05, 0.1) is 0 Å². The van der Waals surface area contributed by atoms with Crippen molar-refractivity contribution in [2.24, 2.45) is 0 Å². The summed E-state index contributed by atoms with van der Waals surface area (Å²) in [6.07, 6.45) is 4.98. The van der Waals surface area contributed by atoms with E-state index in [0.717, 1.165) is 17.1 Å². The molecule has 0 spiro atoms. The van der Waals surface area contributed by atoms with Gasteiger partial charge in [0.15, 0.2) is 0 Å². The van der Waals surface area contributed by atoms with Crippen molar-refractivity contribution < 1.29 is 0 Å². The molecule has 0 aliphatic heterocycles. The van der Waals surface area contributed by atoms with Crippen molar-refractivity contribution in [2.75, 3.05) is 4.90 Å². The molecule has 0 fully saturated rings. The van der Waals surface area contributed by atoms with Crippen molar-refractivity contribution >= 4 is 27.8 Å². The maximum absolute atomic E-state index is 2.43. The van der Waals surface area contributed by atoms with Gasteiger partial charge >= 0.3 is 0 Å². The molecular weight excluding hydrogens is 651 g/mol. The summed E-state index contributed by atoms with van der Waals surface area (Å²) in [6, 6.07) is 65.3. The predicted molar refractivity (Wildman–Crippen MR) is 229 cm³/mol. The van der Waals surface area contributed by atoms with Crippen LogP contribution in [0.3, 0.4) is 0 Å². The normalized spacial score (nSPS) is 14.0. The smallest absolute Gasteiger partial charge is 0.0465 e. The van der Waals surface area contributed by atoms with Crippen LogP contribution in [0.4, 0.5) is 17.1 Å². The van der Waals surface area contributed by atoms with E-state index in [4.69, 9.17) is 0 Å². The van der Waals surface area contributed by atoms with E-state index in [9.17, 15) is 0 Å². The topological polar surface area (TPSA) is 3.24 Å². The lowest BCUT2D eigenvalue weighted by Crippen LogP contribution is -2.17. The predicted octanol–water partition coefficient (Wildman–Crippen LogP) is 14.5. The van der Waals surface area contributed by atoms with Gasteiger partial charge in [-0.05, 0) is 140 Å². The van der Waals surface area contributed by atoms with Gasteiger partial charge in [-0.1, -0.05) is 153 Å². The third-order valence-electron chi connectivity index (χ3n) is 12.1. The summed E-state index contributed by atoms with van der Waals surface area (Å²) < 4.78 is 0. The molecule has 2 aliphatic carbocycles. The van der Waals surface area contributed by atoms with E-state index in [1.54, 1.807) is 5.56 Å². The average Bonchev–Trinajstić information content (AvgIpc) is 3.47. The van der Waals surface area contributed by atoms with Gasteiger partial charge in [-0.2, -0.15) is 0 Å². The third-order valence-corrected chi connectivity index (χ3v) is 12.1. The SMILES string of the molecule is CC1(C)c2cc(N(c3ccc(-c4ccccc4)cc3)c3ccc(-c4ccc(-c5cccc6c5CCCC6)cc4)cc3)ccc2-c2ccc3ccccc3c21. The summed E-state index contributed by atoms with van der Waals surface area (Å²) >= 11 is 0. The molecule has 0 N–H and O–H groups in total. The monoisotopic (exact) mass is 693 g/mol. The third kappa shape index (κ3) is 5.46. The zero-order chi connectivity index (χ0) is 36.2. The molecule has 10 rings (SSSR count). The quantitative estimate of drug-likeness (QED) is 0.168. The fourth-order valence-corrected chi connectivity index (χ4v) is 9.31. The average molecular weight is 694 g/mol. The van der Waals surface area contributed by atoms with Crippen LogP contribution in [0.25, 0.3) is 55.3 Å². The molecule has 0 radical (unpaired) electrons. The number of rotatable bonds is 6. The van der Waals surface area contributed by atoms with Crippen LogP contribution >= 0.6 is 0 Å². The Morgan fingerprint density at radius 1 is 0.426 bits per heavy atom. The van der Waals surface area contributed by atoms with Crippen LogP contribution in [-0.4, -0.2) is 0 Å². The van der Waals surface area contributed by atoms with Crippen LogP contribution in [0.1, 0.15) is 48.9 Å². The fourth-order valence-electron chi connectivity index (χ4n) is 9.31. The lowest BCUT2D eigenvalue weighted by molar-refractivity contribution is 0.666. The number of fused-ring (bicyclic) bond motifs is 6. The molecule has 0 atom stereocenters. The first-order chi connectivity index (χ1) is 26.5. The minimum atomic E-state index is -0.139. The van der Waals surface area contributed by atoms with Crippen LogP contribution in [-0.2, 0) is 18.3 Å². The number of nitrogens with zero attached hydrogens (tertiary/aromatic N) is 1. The van der Waals surface area contributed by atoms with Gasteiger partial charge in [-0.15, -0.1) is 0 Å². The zero-order valence-corrected chi connectivity index (χ0v) is 31.0. The van der Waals surface area contributed by atoms with Crippen LogP contribution in [0, 0.1) is 0 Å². The number of benzene rings is 8. The second-order valence-corrected chi connectivity index (χ2v) is 15.6. The van der Waals surface area contributed by atoms with E-state index in [1.807, 2.05) is 0 Å². The highest BCUT2D eigenvalue weighted by Crippen LogP contribution is 2.53. The van der Waals surface area contributed by atoms with Crippen molar-refractivity contribution in [2.45, 2.75) is 44.9 Å². The lowest BCUT2D eigenvalue weighted by atomic mass is 9.80. The summed E-state index contributed by atoms with van der Waals surface area (Å²) in [5.74, 6) is 0. The molecule has 0 saturated heterocycles. The van der Waals surface area contributed by atoms with Crippen molar-refractivity contribution in [3.63, 3.8) is 0 Å². The van der Waals surface area contributed by atoms with Crippen molar-refractivity contribution in [3.05, 3.63) is 198 Å². The highest BCUT2D eigenvalue weighted by atomic mass is 15.1. The van der Waals surface area contributed by atoms with Gasteiger partial charge in [-0.3, -0.25) is 0 Å². The van der Waals surface area contributed by atoms with Gasteiger partial charge < -0.3 is 4.90 Å². The molecule has 260 valence electrons. The maximum atomic E-state index is 2.43. The number of aryl methyl sites for hydroxylation is 1. The highest BCUT2D eigenvalue weighted by molar-refractivity contribution is 5.98. The summed E-state index contributed by atoms with van der Waals surface area (Å²) in [6.45, 7) is 4.78. The van der Waals surface area contributed by atoms with Crippen LogP contribution in [0.5, 0.6) is 0 Å². The largest absolute Gasteiger partial charge is 0.310 e.